The van der Waals surface area contributed by atoms with Crippen molar-refractivity contribution in [2.45, 2.75) is 13.0 Å². The van der Waals surface area contributed by atoms with Gasteiger partial charge in [0.15, 0.2) is 11.5 Å². The van der Waals surface area contributed by atoms with Crippen molar-refractivity contribution < 1.29 is 13.9 Å². The Balaban J connectivity index is 2.52. The van der Waals surface area contributed by atoms with E-state index in [-0.39, 0.29) is 6.04 Å². The summed E-state index contributed by atoms with van der Waals surface area (Å²) < 4.78 is 16.0. The summed E-state index contributed by atoms with van der Waals surface area (Å²) in [6.07, 6.45) is 1.67. The van der Waals surface area contributed by atoms with Gasteiger partial charge >= 0.3 is 0 Å². The zero-order valence-corrected chi connectivity index (χ0v) is 12.7. The first-order valence-corrected chi connectivity index (χ1v) is 6.62. The van der Waals surface area contributed by atoms with E-state index in [2.05, 4.69) is 5.32 Å². The second-order valence-electron chi connectivity index (χ2n) is 4.38. The highest BCUT2D eigenvalue weighted by atomic mass is 35.5. The molecular weight excluding hydrogens is 278 g/mol. The fourth-order valence-electron chi connectivity index (χ4n) is 2.26. The molecule has 1 aromatic carbocycles. The molecular formula is C15H18ClNO3. The summed E-state index contributed by atoms with van der Waals surface area (Å²) in [6, 6.07) is 5.51. The lowest BCUT2D eigenvalue weighted by Gasteiger charge is -2.19. The van der Waals surface area contributed by atoms with Gasteiger partial charge in [0, 0.05) is 16.7 Å². The summed E-state index contributed by atoms with van der Waals surface area (Å²) >= 11 is 6.37. The first-order chi connectivity index (χ1) is 9.62. The lowest BCUT2D eigenvalue weighted by molar-refractivity contribution is 0.354. The summed E-state index contributed by atoms with van der Waals surface area (Å²) in [6.45, 7) is 1.92. The van der Waals surface area contributed by atoms with E-state index in [1.165, 1.54) is 0 Å². The van der Waals surface area contributed by atoms with Gasteiger partial charge in [-0.2, -0.15) is 0 Å². The Bertz CT molecular complexity index is 595. The lowest BCUT2D eigenvalue weighted by atomic mass is 9.99. The van der Waals surface area contributed by atoms with Crippen molar-refractivity contribution >= 4 is 11.6 Å². The number of hydrogen-bond acceptors (Lipinski definition) is 4. The van der Waals surface area contributed by atoms with Crippen molar-refractivity contribution in [3.8, 4) is 11.5 Å². The molecule has 20 heavy (non-hydrogen) atoms. The molecule has 0 amide bonds. The molecule has 1 unspecified atom stereocenters. The van der Waals surface area contributed by atoms with Crippen LogP contribution in [0.5, 0.6) is 11.5 Å². The summed E-state index contributed by atoms with van der Waals surface area (Å²) in [7, 11) is 5.07. The third-order valence-corrected chi connectivity index (χ3v) is 3.64. The van der Waals surface area contributed by atoms with Crippen LogP contribution in [0, 0.1) is 6.92 Å². The summed E-state index contributed by atoms with van der Waals surface area (Å²) in [5.74, 6) is 2.11. The number of methoxy groups -OCH3 is 2. The Morgan fingerprint density at radius 2 is 1.80 bits per heavy atom. The van der Waals surface area contributed by atoms with Crippen LogP contribution in [-0.4, -0.2) is 21.3 Å². The fourth-order valence-corrected chi connectivity index (χ4v) is 2.53. The minimum Gasteiger partial charge on any atom is -0.493 e. The van der Waals surface area contributed by atoms with Crippen LogP contribution in [0.15, 0.2) is 28.9 Å². The first kappa shape index (κ1) is 14.8. The highest BCUT2D eigenvalue weighted by molar-refractivity contribution is 6.31. The van der Waals surface area contributed by atoms with Crippen LogP contribution >= 0.6 is 11.6 Å². The van der Waals surface area contributed by atoms with Crippen LogP contribution in [0.25, 0.3) is 0 Å². The monoisotopic (exact) mass is 295 g/mol. The standard InChI is InChI=1S/C15H18ClNO3/c1-9-10(5-6-20-9)15(17-2)11-7-13(18-3)14(19-4)8-12(11)16/h5-8,15,17H,1-4H3. The molecule has 0 aliphatic carbocycles. The average Bonchev–Trinajstić information content (AvgIpc) is 2.87. The molecule has 0 bridgehead atoms. The molecule has 0 saturated carbocycles. The van der Waals surface area contributed by atoms with Crippen molar-refractivity contribution in [3.05, 3.63) is 46.4 Å². The number of ether oxygens (including phenoxy) is 2. The number of benzene rings is 1. The largest absolute Gasteiger partial charge is 0.493 e. The molecule has 2 rings (SSSR count). The number of furan rings is 1. The van der Waals surface area contributed by atoms with Crippen molar-refractivity contribution in [1.82, 2.24) is 5.32 Å². The third-order valence-electron chi connectivity index (χ3n) is 3.31. The Kier molecular flexibility index (Phi) is 4.57. The van der Waals surface area contributed by atoms with Crippen molar-refractivity contribution in [3.63, 3.8) is 0 Å². The first-order valence-electron chi connectivity index (χ1n) is 6.25. The molecule has 1 atom stereocenters. The smallest absolute Gasteiger partial charge is 0.162 e. The Labute approximate surface area is 123 Å². The molecule has 1 aromatic heterocycles. The molecule has 4 nitrogen and oxygen atoms in total. The normalized spacial score (nSPS) is 12.2. The zero-order valence-electron chi connectivity index (χ0n) is 12.0. The van der Waals surface area contributed by atoms with E-state index in [0.29, 0.717) is 16.5 Å². The number of rotatable bonds is 5. The van der Waals surface area contributed by atoms with E-state index in [1.54, 1.807) is 26.5 Å². The van der Waals surface area contributed by atoms with E-state index in [1.807, 2.05) is 26.1 Å². The predicted octanol–water partition coefficient (Wildman–Crippen LogP) is 3.57. The van der Waals surface area contributed by atoms with Crippen LogP contribution in [0.4, 0.5) is 0 Å². The van der Waals surface area contributed by atoms with E-state index >= 15 is 0 Å². The van der Waals surface area contributed by atoms with Crippen LogP contribution in [0.2, 0.25) is 5.02 Å². The Morgan fingerprint density at radius 3 is 2.30 bits per heavy atom. The SMILES string of the molecule is CNC(c1cc(OC)c(OC)cc1Cl)c1ccoc1C. The molecule has 0 aliphatic rings. The van der Waals surface area contributed by atoms with Gasteiger partial charge in [-0.3, -0.25) is 0 Å². The molecule has 0 radical (unpaired) electrons. The lowest BCUT2D eigenvalue weighted by Crippen LogP contribution is -2.18. The van der Waals surface area contributed by atoms with E-state index in [4.69, 9.17) is 25.5 Å². The molecule has 0 spiro atoms. The second kappa shape index (κ2) is 6.20. The van der Waals surface area contributed by atoms with Crippen LogP contribution in [0.1, 0.15) is 22.9 Å². The van der Waals surface area contributed by atoms with Gasteiger partial charge in [-0.25, -0.2) is 0 Å². The van der Waals surface area contributed by atoms with Crippen LogP contribution in [-0.2, 0) is 0 Å². The van der Waals surface area contributed by atoms with Crippen molar-refractivity contribution in [2.75, 3.05) is 21.3 Å². The summed E-state index contributed by atoms with van der Waals surface area (Å²) in [5, 5.41) is 3.86. The van der Waals surface area contributed by atoms with Crippen molar-refractivity contribution in [2.24, 2.45) is 0 Å². The van der Waals surface area contributed by atoms with E-state index < -0.39 is 0 Å². The predicted molar refractivity (Wildman–Crippen MR) is 78.9 cm³/mol. The maximum absolute atomic E-state index is 6.37. The molecule has 108 valence electrons. The zero-order chi connectivity index (χ0) is 14.7. The molecule has 1 N–H and O–H groups in total. The minimum absolute atomic E-state index is 0.0685. The maximum Gasteiger partial charge on any atom is 0.162 e. The number of halogens is 1. The molecule has 0 aliphatic heterocycles. The molecule has 5 heteroatoms. The van der Waals surface area contributed by atoms with Gasteiger partial charge in [-0.1, -0.05) is 11.6 Å². The molecule has 0 fully saturated rings. The number of aryl methyl sites for hydroxylation is 1. The maximum atomic E-state index is 6.37. The Morgan fingerprint density at radius 1 is 1.15 bits per heavy atom. The number of hydrogen-bond donors (Lipinski definition) is 1. The quantitative estimate of drug-likeness (QED) is 0.916. The van der Waals surface area contributed by atoms with Gasteiger partial charge < -0.3 is 19.2 Å². The Hall–Kier alpha value is -1.65. The van der Waals surface area contributed by atoms with Gasteiger partial charge in [0.05, 0.1) is 26.5 Å². The van der Waals surface area contributed by atoms with Gasteiger partial charge in [0.2, 0.25) is 0 Å². The topological polar surface area (TPSA) is 43.6 Å². The van der Waals surface area contributed by atoms with Gasteiger partial charge in [-0.05, 0) is 31.7 Å². The van der Waals surface area contributed by atoms with Gasteiger partial charge in [0.25, 0.3) is 0 Å². The van der Waals surface area contributed by atoms with E-state index in [0.717, 1.165) is 16.9 Å². The third kappa shape index (κ3) is 2.62. The summed E-state index contributed by atoms with van der Waals surface area (Å²) in [4.78, 5) is 0. The minimum atomic E-state index is -0.0685. The van der Waals surface area contributed by atoms with E-state index in [9.17, 15) is 0 Å². The highest BCUT2D eigenvalue weighted by Crippen LogP contribution is 2.38. The molecule has 0 saturated heterocycles. The van der Waals surface area contributed by atoms with Crippen LogP contribution < -0.4 is 14.8 Å². The second-order valence-corrected chi connectivity index (χ2v) is 4.79. The van der Waals surface area contributed by atoms with Crippen LogP contribution in [0.3, 0.4) is 0 Å². The number of nitrogens with one attached hydrogen (secondary N) is 1. The van der Waals surface area contributed by atoms with Gasteiger partial charge in [0.1, 0.15) is 5.76 Å². The van der Waals surface area contributed by atoms with Crippen molar-refractivity contribution in [1.29, 1.82) is 0 Å². The average molecular weight is 296 g/mol. The van der Waals surface area contributed by atoms with Gasteiger partial charge in [-0.15, -0.1) is 0 Å². The molecule has 1 heterocycles. The summed E-state index contributed by atoms with van der Waals surface area (Å²) in [5.41, 5.74) is 1.96. The molecule has 2 aromatic rings. The fraction of sp³-hybridized carbons (Fsp3) is 0.333. The highest BCUT2D eigenvalue weighted by Gasteiger charge is 2.21.